The molecule has 0 saturated heterocycles. The van der Waals surface area contributed by atoms with Gasteiger partial charge in [0.25, 0.3) is 0 Å². The Hall–Kier alpha value is -1.98. The number of methoxy groups -OCH3 is 1. The highest BCUT2D eigenvalue weighted by atomic mass is 19.4. The van der Waals surface area contributed by atoms with E-state index in [0.29, 0.717) is 15.9 Å². The molecule has 1 heterocycles. The van der Waals surface area contributed by atoms with Crippen LogP contribution in [0.1, 0.15) is 5.56 Å². The Bertz CT molecular complexity index is 566. The first-order valence-corrected chi connectivity index (χ1v) is 4.70. The largest absolute Gasteiger partial charge is 0.618 e. The summed E-state index contributed by atoms with van der Waals surface area (Å²) in [5.41, 5.74) is -0.929. The lowest BCUT2D eigenvalue weighted by Gasteiger charge is -2.09. The Balaban J connectivity index is 2.73. The first-order chi connectivity index (χ1) is 7.93. The van der Waals surface area contributed by atoms with E-state index in [0.717, 1.165) is 18.3 Å². The third-order valence-electron chi connectivity index (χ3n) is 2.41. The molecule has 90 valence electrons. The van der Waals surface area contributed by atoms with Crippen LogP contribution in [0.3, 0.4) is 0 Å². The molecule has 0 aliphatic carbocycles. The summed E-state index contributed by atoms with van der Waals surface area (Å²) >= 11 is 0. The van der Waals surface area contributed by atoms with Gasteiger partial charge in [0.2, 0.25) is 5.52 Å². The molecule has 1 aromatic carbocycles. The number of aromatic nitrogens is 1. The average Bonchev–Trinajstić information content (AvgIpc) is 2.28. The highest BCUT2D eigenvalue weighted by Crippen LogP contribution is 2.32. The standard InChI is InChI=1S/C11H8F3NO2/c1-17-10-4-5-15(16)9-6-7(11(12,13)14)2-3-8(9)10/h2-6H,1H3. The molecule has 0 atom stereocenters. The fourth-order valence-corrected chi connectivity index (χ4v) is 1.58. The lowest BCUT2D eigenvalue weighted by molar-refractivity contribution is -0.577. The topological polar surface area (TPSA) is 36.2 Å². The van der Waals surface area contributed by atoms with Crippen molar-refractivity contribution in [3.05, 3.63) is 41.2 Å². The zero-order chi connectivity index (χ0) is 12.6. The number of ether oxygens (including phenoxy) is 1. The maximum Gasteiger partial charge on any atom is 0.416 e. The molecule has 17 heavy (non-hydrogen) atoms. The molecular weight excluding hydrogens is 235 g/mol. The van der Waals surface area contributed by atoms with Crippen molar-refractivity contribution in [3.8, 4) is 5.75 Å². The monoisotopic (exact) mass is 243 g/mol. The number of hydrogen-bond acceptors (Lipinski definition) is 2. The number of benzene rings is 1. The number of halogens is 3. The van der Waals surface area contributed by atoms with Gasteiger partial charge in [0, 0.05) is 12.1 Å². The van der Waals surface area contributed by atoms with Crippen LogP contribution in [0.5, 0.6) is 5.75 Å². The quantitative estimate of drug-likeness (QED) is 0.570. The third-order valence-corrected chi connectivity index (χ3v) is 2.41. The van der Waals surface area contributed by atoms with Crippen molar-refractivity contribution in [2.45, 2.75) is 6.18 Å². The third kappa shape index (κ3) is 1.98. The smallest absolute Gasteiger partial charge is 0.416 e. The average molecular weight is 243 g/mol. The van der Waals surface area contributed by atoms with Crippen molar-refractivity contribution in [1.29, 1.82) is 0 Å². The molecule has 0 amide bonds. The van der Waals surface area contributed by atoms with Gasteiger partial charge in [0.05, 0.1) is 18.1 Å². The number of alkyl halides is 3. The minimum atomic E-state index is -4.47. The Labute approximate surface area is 94.6 Å². The maximum absolute atomic E-state index is 12.5. The number of hydrogen-bond donors (Lipinski definition) is 0. The van der Waals surface area contributed by atoms with Gasteiger partial charge in [-0.15, -0.1) is 0 Å². The summed E-state index contributed by atoms with van der Waals surface area (Å²) in [4.78, 5) is 0. The minimum absolute atomic E-state index is 0.0702. The number of nitrogens with zero attached hydrogens (tertiary/aromatic N) is 1. The fourth-order valence-electron chi connectivity index (χ4n) is 1.58. The molecule has 0 radical (unpaired) electrons. The van der Waals surface area contributed by atoms with Crippen LogP contribution in [-0.2, 0) is 6.18 Å². The van der Waals surface area contributed by atoms with E-state index < -0.39 is 11.7 Å². The molecule has 0 N–H and O–H groups in total. The second-order valence-electron chi connectivity index (χ2n) is 3.44. The van der Waals surface area contributed by atoms with Crippen molar-refractivity contribution in [3.63, 3.8) is 0 Å². The van der Waals surface area contributed by atoms with Crippen LogP contribution in [0.4, 0.5) is 13.2 Å². The van der Waals surface area contributed by atoms with E-state index in [-0.39, 0.29) is 5.52 Å². The molecule has 2 aromatic rings. The summed E-state index contributed by atoms with van der Waals surface area (Å²) in [5.74, 6) is 0.362. The van der Waals surface area contributed by atoms with Crippen LogP contribution in [0.15, 0.2) is 30.5 Å². The zero-order valence-corrected chi connectivity index (χ0v) is 8.78. The fraction of sp³-hybridized carbons (Fsp3) is 0.182. The molecular formula is C11H8F3NO2. The molecule has 2 rings (SSSR count). The molecule has 0 aliphatic rings. The van der Waals surface area contributed by atoms with Gasteiger partial charge < -0.3 is 9.94 Å². The van der Waals surface area contributed by atoms with Gasteiger partial charge in [-0.2, -0.15) is 17.9 Å². The highest BCUT2D eigenvalue weighted by molar-refractivity contribution is 5.83. The summed E-state index contributed by atoms with van der Waals surface area (Å²) in [6.07, 6.45) is -3.36. The molecule has 6 heteroatoms. The van der Waals surface area contributed by atoms with Crippen LogP contribution in [-0.4, -0.2) is 7.11 Å². The van der Waals surface area contributed by atoms with E-state index in [9.17, 15) is 18.4 Å². The van der Waals surface area contributed by atoms with E-state index in [1.807, 2.05) is 0 Å². The van der Waals surface area contributed by atoms with Gasteiger partial charge in [0.1, 0.15) is 5.75 Å². The van der Waals surface area contributed by atoms with Crippen LogP contribution >= 0.6 is 0 Å². The van der Waals surface area contributed by atoms with Gasteiger partial charge in [-0.05, 0) is 12.1 Å². The molecule has 3 nitrogen and oxygen atoms in total. The van der Waals surface area contributed by atoms with E-state index in [1.54, 1.807) is 0 Å². The SMILES string of the molecule is COc1cc[n+]([O-])c2cc(C(F)(F)F)ccc12. The first kappa shape index (κ1) is 11.5. The lowest BCUT2D eigenvalue weighted by atomic mass is 10.1. The number of fused-ring (bicyclic) bond motifs is 1. The molecule has 0 spiro atoms. The molecule has 0 aliphatic heterocycles. The van der Waals surface area contributed by atoms with Crippen molar-refractivity contribution in [2.75, 3.05) is 7.11 Å². The summed E-state index contributed by atoms with van der Waals surface area (Å²) in [6.45, 7) is 0. The maximum atomic E-state index is 12.5. The zero-order valence-electron chi connectivity index (χ0n) is 8.78. The first-order valence-electron chi connectivity index (χ1n) is 4.70. The molecule has 0 saturated carbocycles. The second-order valence-corrected chi connectivity index (χ2v) is 3.44. The lowest BCUT2D eigenvalue weighted by Crippen LogP contribution is -2.26. The second kappa shape index (κ2) is 3.80. The van der Waals surface area contributed by atoms with Gasteiger partial charge in [0.15, 0.2) is 6.20 Å². The molecule has 0 bridgehead atoms. The van der Waals surface area contributed by atoms with Gasteiger partial charge in [-0.3, -0.25) is 0 Å². The van der Waals surface area contributed by atoms with Crippen LogP contribution in [0.2, 0.25) is 0 Å². The van der Waals surface area contributed by atoms with Crippen molar-refractivity contribution < 1.29 is 22.6 Å². The van der Waals surface area contributed by atoms with Crippen LogP contribution in [0, 0.1) is 5.21 Å². The van der Waals surface area contributed by atoms with Gasteiger partial charge in [-0.25, -0.2) is 0 Å². The van der Waals surface area contributed by atoms with Crippen molar-refractivity contribution in [2.24, 2.45) is 0 Å². The van der Waals surface area contributed by atoms with E-state index >= 15 is 0 Å². The van der Waals surface area contributed by atoms with Crippen molar-refractivity contribution >= 4 is 10.9 Å². The molecule has 0 fully saturated rings. The van der Waals surface area contributed by atoms with Gasteiger partial charge in [-0.1, -0.05) is 0 Å². The van der Waals surface area contributed by atoms with E-state index in [1.165, 1.54) is 19.2 Å². The van der Waals surface area contributed by atoms with E-state index in [4.69, 9.17) is 4.74 Å². The highest BCUT2D eigenvalue weighted by Gasteiger charge is 2.31. The Morgan fingerprint density at radius 3 is 2.53 bits per heavy atom. The predicted molar refractivity (Wildman–Crippen MR) is 54.5 cm³/mol. The number of rotatable bonds is 1. The Morgan fingerprint density at radius 2 is 1.94 bits per heavy atom. The summed E-state index contributed by atoms with van der Waals surface area (Å²) in [5, 5.41) is 11.8. The summed E-state index contributed by atoms with van der Waals surface area (Å²) in [7, 11) is 1.39. The molecule has 0 unspecified atom stereocenters. The van der Waals surface area contributed by atoms with Crippen molar-refractivity contribution in [1.82, 2.24) is 0 Å². The van der Waals surface area contributed by atoms with Gasteiger partial charge >= 0.3 is 6.18 Å². The van der Waals surface area contributed by atoms with Crippen LogP contribution in [0.25, 0.3) is 10.9 Å². The van der Waals surface area contributed by atoms with E-state index in [2.05, 4.69) is 0 Å². The normalized spacial score (nSPS) is 11.8. The summed E-state index contributed by atoms with van der Waals surface area (Å²) in [6, 6.07) is 4.36. The predicted octanol–water partition coefficient (Wildman–Crippen LogP) is 2.50. The number of pyridine rings is 1. The Morgan fingerprint density at radius 1 is 1.24 bits per heavy atom. The minimum Gasteiger partial charge on any atom is -0.618 e. The summed E-state index contributed by atoms with van der Waals surface area (Å²) < 4.78 is 42.8. The van der Waals surface area contributed by atoms with Crippen LogP contribution < -0.4 is 9.47 Å². The molecule has 1 aromatic heterocycles. The Kier molecular flexibility index (Phi) is 2.57.